The molecule has 1 aliphatic rings. The van der Waals surface area contributed by atoms with E-state index in [-0.39, 0.29) is 16.6 Å². The molecule has 1 fully saturated rings. The fourth-order valence-electron chi connectivity index (χ4n) is 1.66. The fourth-order valence-corrected chi connectivity index (χ4v) is 2.57. The van der Waals surface area contributed by atoms with Crippen LogP contribution < -0.4 is 5.32 Å². The number of halogens is 5. The number of benzene rings is 1. The lowest BCUT2D eigenvalue weighted by Gasteiger charge is -2.25. The molecule has 0 saturated carbocycles. The molecular formula is C10H8BrClF3NO. The van der Waals surface area contributed by atoms with Gasteiger partial charge in [0, 0.05) is 18.7 Å². The molecule has 94 valence electrons. The van der Waals surface area contributed by atoms with Gasteiger partial charge in [-0.15, -0.1) is 0 Å². The number of hydrogen-bond donors (Lipinski definition) is 1. The Morgan fingerprint density at radius 3 is 2.53 bits per heavy atom. The van der Waals surface area contributed by atoms with Gasteiger partial charge >= 0.3 is 0 Å². The minimum Gasteiger partial charge on any atom is -0.371 e. The summed E-state index contributed by atoms with van der Waals surface area (Å²) in [5.74, 6) is -3.59. The second-order valence-corrected chi connectivity index (χ2v) is 4.72. The van der Waals surface area contributed by atoms with E-state index < -0.39 is 28.6 Å². The van der Waals surface area contributed by atoms with Gasteiger partial charge in [0.1, 0.15) is 5.02 Å². The highest BCUT2D eigenvalue weighted by atomic mass is 79.9. The SMILES string of the molecule is Fc1c(F)c(C2CNCCO2)c(Br)c(F)c1Cl. The number of ether oxygens (including phenoxy) is 1. The van der Waals surface area contributed by atoms with E-state index in [1.54, 1.807) is 0 Å². The Bertz CT molecular complexity index is 423. The third kappa shape index (κ3) is 2.31. The maximum absolute atomic E-state index is 13.7. The lowest BCUT2D eigenvalue weighted by molar-refractivity contribution is 0.0244. The van der Waals surface area contributed by atoms with Crippen LogP contribution in [0.1, 0.15) is 11.7 Å². The molecule has 0 spiro atoms. The van der Waals surface area contributed by atoms with Gasteiger partial charge in [-0.05, 0) is 15.9 Å². The van der Waals surface area contributed by atoms with Crippen LogP contribution in [0.3, 0.4) is 0 Å². The van der Waals surface area contributed by atoms with Gasteiger partial charge in [0.25, 0.3) is 0 Å². The molecule has 1 heterocycles. The molecule has 1 unspecified atom stereocenters. The van der Waals surface area contributed by atoms with E-state index in [2.05, 4.69) is 21.2 Å². The number of nitrogens with one attached hydrogen (secondary N) is 1. The van der Waals surface area contributed by atoms with Crippen LogP contribution in [0.4, 0.5) is 13.2 Å². The Kier molecular flexibility index (Phi) is 3.97. The zero-order valence-corrected chi connectivity index (χ0v) is 10.8. The summed E-state index contributed by atoms with van der Waals surface area (Å²) in [7, 11) is 0. The zero-order valence-electron chi connectivity index (χ0n) is 8.50. The van der Waals surface area contributed by atoms with Crippen molar-refractivity contribution in [3.63, 3.8) is 0 Å². The van der Waals surface area contributed by atoms with Crippen LogP contribution in [-0.4, -0.2) is 19.7 Å². The maximum Gasteiger partial charge on any atom is 0.180 e. The Hall–Kier alpha value is -0.300. The summed E-state index contributed by atoms with van der Waals surface area (Å²) in [4.78, 5) is 0. The third-order valence-corrected chi connectivity index (χ3v) is 3.60. The van der Waals surface area contributed by atoms with E-state index in [9.17, 15) is 13.2 Å². The van der Waals surface area contributed by atoms with Crippen LogP contribution in [0.2, 0.25) is 5.02 Å². The van der Waals surface area contributed by atoms with Crippen molar-refractivity contribution in [3.8, 4) is 0 Å². The Labute approximate surface area is 109 Å². The van der Waals surface area contributed by atoms with Crippen LogP contribution >= 0.6 is 27.5 Å². The Balaban J connectivity index is 2.52. The van der Waals surface area contributed by atoms with Crippen LogP contribution in [0.5, 0.6) is 0 Å². The van der Waals surface area contributed by atoms with Crippen LogP contribution in [0, 0.1) is 17.5 Å². The lowest BCUT2D eigenvalue weighted by atomic mass is 10.1. The predicted octanol–water partition coefficient (Wildman–Crippen LogP) is 3.18. The van der Waals surface area contributed by atoms with Crippen molar-refractivity contribution < 1.29 is 17.9 Å². The third-order valence-electron chi connectivity index (χ3n) is 2.49. The van der Waals surface area contributed by atoms with Crippen molar-refractivity contribution in [2.24, 2.45) is 0 Å². The summed E-state index contributed by atoms with van der Waals surface area (Å²) in [5.41, 5.74) is -0.184. The molecule has 0 bridgehead atoms. The number of hydrogen-bond acceptors (Lipinski definition) is 2. The first-order valence-corrected chi connectivity index (χ1v) is 6.04. The molecule has 1 aliphatic heterocycles. The average molecular weight is 331 g/mol. The van der Waals surface area contributed by atoms with E-state index in [1.807, 2.05) is 0 Å². The molecule has 2 nitrogen and oxygen atoms in total. The van der Waals surface area contributed by atoms with Gasteiger partial charge < -0.3 is 10.1 Å². The molecule has 7 heteroatoms. The monoisotopic (exact) mass is 329 g/mol. The molecule has 1 aromatic rings. The van der Waals surface area contributed by atoms with Crippen molar-refractivity contribution >= 4 is 27.5 Å². The number of morpholine rings is 1. The van der Waals surface area contributed by atoms with Gasteiger partial charge in [-0.25, -0.2) is 13.2 Å². The summed E-state index contributed by atoms with van der Waals surface area (Å²) in [6.07, 6.45) is -0.737. The summed E-state index contributed by atoms with van der Waals surface area (Å²) >= 11 is 8.20. The molecular weight excluding hydrogens is 322 g/mol. The highest BCUT2D eigenvalue weighted by molar-refractivity contribution is 9.10. The van der Waals surface area contributed by atoms with Crippen LogP contribution in [0.15, 0.2) is 4.47 Å². The van der Waals surface area contributed by atoms with E-state index in [0.29, 0.717) is 13.2 Å². The standard InChI is InChI=1S/C10H8BrClF3NO/c11-6-5(4-3-16-1-2-17-4)8(13)10(15)7(12)9(6)14/h4,16H,1-3H2. The molecule has 2 rings (SSSR count). The molecule has 0 amide bonds. The summed E-state index contributed by atoms with van der Waals surface area (Å²) in [6.45, 7) is 1.26. The van der Waals surface area contributed by atoms with Gasteiger partial charge in [0.15, 0.2) is 17.5 Å². The smallest absolute Gasteiger partial charge is 0.180 e. The second kappa shape index (κ2) is 5.14. The van der Waals surface area contributed by atoms with E-state index in [1.165, 1.54) is 0 Å². The second-order valence-electron chi connectivity index (χ2n) is 3.55. The summed E-state index contributed by atoms with van der Waals surface area (Å²) in [5, 5.41) is 2.09. The van der Waals surface area contributed by atoms with E-state index in [0.717, 1.165) is 0 Å². The summed E-state index contributed by atoms with van der Waals surface area (Å²) in [6, 6.07) is 0. The first-order chi connectivity index (χ1) is 8.04. The van der Waals surface area contributed by atoms with Gasteiger partial charge in [0.05, 0.1) is 17.2 Å². The van der Waals surface area contributed by atoms with Gasteiger partial charge in [0.2, 0.25) is 0 Å². The Morgan fingerprint density at radius 1 is 1.24 bits per heavy atom. The van der Waals surface area contributed by atoms with Crippen molar-refractivity contribution in [3.05, 3.63) is 32.5 Å². The highest BCUT2D eigenvalue weighted by Crippen LogP contribution is 2.37. The van der Waals surface area contributed by atoms with E-state index in [4.69, 9.17) is 16.3 Å². The first-order valence-electron chi connectivity index (χ1n) is 4.87. The topological polar surface area (TPSA) is 21.3 Å². The van der Waals surface area contributed by atoms with Crippen LogP contribution in [-0.2, 0) is 4.74 Å². The molecule has 0 radical (unpaired) electrons. The number of rotatable bonds is 1. The predicted molar refractivity (Wildman–Crippen MR) is 60.6 cm³/mol. The Morgan fingerprint density at radius 2 is 1.94 bits per heavy atom. The first kappa shape index (κ1) is 13.1. The maximum atomic E-state index is 13.7. The normalized spacial score (nSPS) is 20.6. The molecule has 0 aliphatic carbocycles. The van der Waals surface area contributed by atoms with Crippen molar-refractivity contribution in [2.45, 2.75) is 6.10 Å². The minimum atomic E-state index is -1.39. The largest absolute Gasteiger partial charge is 0.371 e. The van der Waals surface area contributed by atoms with Crippen LogP contribution in [0.25, 0.3) is 0 Å². The average Bonchev–Trinajstić information content (AvgIpc) is 2.36. The molecule has 1 atom stereocenters. The molecule has 0 aromatic heterocycles. The molecule has 1 aromatic carbocycles. The molecule has 1 saturated heterocycles. The molecule has 17 heavy (non-hydrogen) atoms. The van der Waals surface area contributed by atoms with E-state index >= 15 is 0 Å². The van der Waals surface area contributed by atoms with Crippen molar-refractivity contribution in [1.29, 1.82) is 0 Å². The zero-order chi connectivity index (χ0) is 12.6. The van der Waals surface area contributed by atoms with Gasteiger partial charge in [-0.3, -0.25) is 0 Å². The fraction of sp³-hybridized carbons (Fsp3) is 0.400. The molecule has 1 N–H and O–H groups in total. The lowest BCUT2D eigenvalue weighted by Crippen LogP contribution is -2.34. The van der Waals surface area contributed by atoms with Gasteiger partial charge in [-0.2, -0.15) is 0 Å². The quantitative estimate of drug-likeness (QED) is 0.631. The highest BCUT2D eigenvalue weighted by Gasteiger charge is 2.29. The van der Waals surface area contributed by atoms with Gasteiger partial charge in [-0.1, -0.05) is 11.6 Å². The van der Waals surface area contributed by atoms with Crippen molar-refractivity contribution in [1.82, 2.24) is 5.32 Å². The summed E-state index contributed by atoms with van der Waals surface area (Å²) < 4.78 is 45.7. The van der Waals surface area contributed by atoms with Crippen molar-refractivity contribution in [2.75, 3.05) is 19.7 Å². The minimum absolute atomic E-state index is 0.184.